The van der Waals surface area contributed by atoms with E-state index in [0.717, 1.165) is 0 Å². The molecule has 2 heterocycles. The number of sulfonamides is 1. The third-order valence-corrected chi connectivity index (χ3v) is 4.87. The van der Waals surface area contributed by atoms with Crippen LogP contribution in [0.5, 0.6) is 0 Å². The first kappa shape index (κ1) is 16.0. The predicted molar refractivity (Wildman–Crippen MR) is 77.6 cm³/mol. The highest BCUT2D eigenvalue weighted by Gasteiger charge is 2.29. The van der Waals surface area contributed by atoms with E-state index in [2.05, 4.69) is 4.72 Å². The van der Waals surface area contributed by atoms with Gasteiger partial charge in [0, 0.05) is 26.3 Å². The summed E-state index contributed by atoms with van der Waals surface area (Å²) in [5.41, 5.74) is 0.352. The summed E-state index contributed by atoms with van der Waals surface area (Å²) in [6, 6.07) is 1.40. The standard InChI is InChI=1S/C13H21N3O4S/c1-9-6-16(7-10(2)20-9)13(17)12-5-11(8-15(12)4)21(18,19)14-3/h5,8-10,14H,6-7H2,1-4H3. The summed E-state index contributed by atoms with van der Waals surface area (Å²) >= 11 is 0. The SMILES string of the molecule is CNS(=O)(=O)c1cc(C(=O)N2CC(C)OC(C)C2)n(C)c1. The molecule has 7 nitrogen and oxygen atoms in total. The summed E-state index contributed by atoms with van der Waals surface area (Å²) < 4.78 is 33.0. The van der Waals surface area contributed by atoms with E-state index in [4.69, 9.17) is 4.74 Å². The molecule has 0 spiro atoms. The van der Waals surface area contributed by atoms with Crippen molar-refractivity contribution < 1.29 is 17.9 Å². The van der Waals surface area contributed by atoms with Crippen LogP contribution in [0, 0.1) is 0 Å². The molecule has 0 bridgehead atoms. The van der Waals surface area contributed by atoms with Crippen LogP contribution in [-0.4, -0.2) is 56.1 Å². The summed E-state index contributed by atoms with van der Waals surface area (Å²) in [4.78, 5) is 14.4. The second-order valence-corrected chi connectivity index (χ2v) is 7.23. The maximum Gasteiger partial charge on any atom is 0.270 e. The molecule has 118 valence electrons. The van der Waals surface area contributed by atoms with Crippen LogP contribution in [0.4, 0.5) is 0 Å². The zero-order valence-electron chi connectivity index (χ0n) is 12.7. The number of nitrogens with one attached hydrogen (secondary N) is 1. The number of hydrogen-bond acceptors (Lipinski definition) is 4. The van der Waals surface area contributed by atoms with Gasteiger partial charge in [0.2, 0.25) is 10.0 Å². The first-order valence-corrected chi connectivity index (χ1v) is 8.27. The first-order valence-electron chi connectivity index (χ1n) is 6.79. The molecule has 1 saturated heterocycles. The Bertz CT molecular complexity index is 628. The molecule has 1 amide bonds. The van der Waals surface area contributed by atoms with Gasteiger partial charge in [-0.05, 0) is 27.0 Å². The molecule has 8 heteroatoms. The number of nitrogens with zero attached hydrogens (tertiary/aromatic N) is 2. The van der Waals surface area contributed by atoms with Crippen LogP contribution in [-0.2, 0) is 21.8 Å². The Kier molecular flexibility index (Phi) is 4.40. The van der Waals surface area contributed by atoms with Gasteiger partial charge in [-0.25, -0.2) is 13.1 Å². The maximum atomic E-state index is 12.6. The summed E-state index contributed by atoms with van der Waals surface area (Å²) in [6.45, 7) is 4.83. The van der Waals surface area contributed by atoms with Crippen molar-refractivity contribution in [2.24, 2.45) is 7.05 Å². The highest BCUT2D eigenvalue weighted by atomic mass is 32.2. The minimum absolute atomic E-state index is 0.0292. The Morgan fingerprint density at radius 2 is 1.90 bits per heavy atom. The van der Waals surface area contributed by atoms with Crippen LogP contribution in [0.2, 0.25) is 0 Å². The molecule has 21 heavy (non-hydrogen) atoms. The lowest BCUT2D eigenvalue weighted by molar-refractivity contribution is -0.0588. The number of rotatable bonds is 3. The zero-order valence-corrected chi connectivity index (χ0v) is 13.5. The second kappa shape index (κ2) is 5.78. The number of aromatic nitrogens is 1. The van der Waals surface area contributed by atoms with Gasteiger partial charge < -0.3 is 14.2 Å². The zero-order chi connectivity index (χ0) is 15.8. The molecule has 0 radical (unpaired) electrons. The average Bonchev–Trinajstić information content (AvgIpc) is 2.79. The van der Waals surface area contributed by atoms with Gasteiger partial charge >= 0.3 is 0 Å². The van der Waals surface area contributed by atoms with Gasteiger partial charge in [-0.3, -0.25) is 4.79 Å². The highest BCUT2D eigenvalue weighted by Crippen LogP contribution is 2.18. The van der Waals surface area contributed by atoms with Gasteiger partial charge in [0.25, 0.3) is 5.91 Å². The van der Waals surface area contributed by atoms with Crippen molar-refractivity contribution in [3.8, 4) is 0 Å². The molecule has 1 N–H and O–H groups in total. The summed E-state index contributed by atoms with van der Waals surface area (Å²) in [7, 11) is -0.548. The molecular formula is C13H21N3O4S. The van der Waals surface area contributed by atoms with Crippen LogP contribution in [0.3, 0.4) is 0 Å². The largest absolute Gasteiger partial charge is 0.372 e. The van der Waals surface area contributed by atoms with Gasteiger partial charge in [0.1, 0.15) is 10.6 Å². The molecule has 2 atom stereocenters. The number of hydrogen-bond donors (Lipinski definition) is 1. The molecule has 1 aliphatic heterocycles. The van der Waals surface area contributed by atoms with Gasteiger partial charge in [0.15, 0.2) is 0 Å². The minimum Gasteiger partial charge on any atom is -0.372 e. The first-order chi connectivity index (χ1) is 9.74. The molecule has 0 aromatic carbocycles. The van der Waals surface area contributed by atoms with E-state index in [1.807, 2.05) is 13.8 Å². The molecule has 1 aromatic rings. The van der Waals surface area contributed by atoms with E-state index in [0.29, 0.717) is 18.8 Å². The highest BCUT2D eigenvalue weighted by molar-refractivity contribution is 7.89. The van der Waals surface area contributed by atoms with Crippen molar-refractivity contribution in [1.29, 1.82) is 0 Å². The van der Waals surface area contributed by atoms with Crippen molar-refractivity contribution in [2.75, 3.05) is 20.1 Å². The fourth-order valence-electron chi connectivity index (χ4n) is 2.52. The summed E-state index contributed by atoms with van der Waals surface area (Å²) in [5.74, 6) is -0.183. The molecule has 0 saturated carbocycles. The van der Waals surface area contributed by atoms with Gasteiger partial charge in [-0.15, -0.1) is 0 Å². The molecule has 2 unspecified atom stereocenters. The monoisotopic (exact) mass is 315 g/mol. The Morgan fingerprint density at radius 1 is 1.33 bits per heavy atom. The van der Waals surface area contributed by atoms with Gasteiger partial charge in [0.05, 0.1) is 12.2 Å². The molecule has 1 aromatic heterocycles. The summed E-state index contributed by atoms with van der Waals surface area (Å²) in [6.07, 6.45) is 1.38. The van der Waals surface area contributed by atoms with Gasteiger partial charge in [-0.1, -0.05) is 0 Å². The Morgan fingerprint density at radius 3 is 2.43 bits per heavy atom. The third-order valence-electron chi connectivity index (χ3n) is 3.48. The van der Waals surface area contributed by atoms with E-state index in [-0.39, 0.29) is 23.0 Å². The van der Waals surface area contributed by atoms with Crippen molar-refractivity contribution in [2.45, 2.75) is 31.0 Å². The molecule has 0 aliphatic carbocycles. The average molecular weight is 315 g/mol. The maximum absolute atomic E-state index is 12.6. The van der Waals surface area contributed by atoms with Crippen molar-refractivity contribution in [1.82, 2.24) is 14.2 Å². The minimum atomic E-state index is -3.55. The molecule has 1 fully saturated rings. The third kappa shape index (κ3) is 3.28. The molecule has 1 aliphatic rings. The van der Waals surface area contributed by atoms with Crippen molar-refractivity contribution >= 4 is 15.9 Å². The number of amides is 1. The van der Waals surface area contributed by atoms with Crippen LogP contribution in [0.1, 0.15) is 24.3 Å². The fraction of sp³-hybridized carbons (Fsp3) is 0.615. The second-order valence-electron chi connectivity index (χ2n) is 5.35. The lowest BCUT2D eigenvalue weighted by Gasteiger charge is -2.35. The lowest BCUT2D eigenvalue weighted by atomic mass is 10.2. The Hall–Kier alpha value is -1.38. The van der Waals surface area contributed by atoms with E-state index in [1.54, 1.807) is 11.9 Å². The number of morpholine rings is 1. The quantitative estimate of drug-likeness (QED) is 0.863. The Balaban J connectivity index is 2.28. The van der Waals surface area contributed by atoms with Crippen molar-refractivity contribution in [3.63, 3.8) is 0 Å². The normalized spacial score (nSPS) is 23.3. The predicted octanol–water partition coefficient (Wildman–Crippen LogP) is 0.183. The van der Waals surface area contributed by atoms with E-state index >= 15 is 0 Å². The van der Waals surface area contributed by atoms with Crippen LogP contribution in [0.15, 0.2) is 17.2 Å². The van der Waals surface area contributed by atoms with Crippen LogP contribution >= 0.6 is 0 Å². The number of carbonyl (C=O) groups is 1. The smallest absolute Gasteiger partial charge is 0.270 e. The topological polar surface area (TPSA) is 80.6 Å². The summed E-state index contributed by atoms with van der Waals surface area (Å²) in [5, 5.41) is 0. The number of carbonyl (C=O) groups excluding carboxylic acids is 1. The van der Waals surface area contributed by atoms with Gasteiger partial charge in [-0.2, -0.15) is 0 Å². The number of aryl methyl sites for hydroxylation is 1. The van der Waals surface area contributed by atoms with Crippen molar-refractivity contribution in [3.05, 3.63) is 18.0 Å². The molecule has 2 rings (SSSR count). The number of ether oxygens (including phenoxy) is 1. The Labute approximate surface area is 124 Å². The van der Waals surface area contributed by atoms with Crippen LogP contribution in [0.25, 0.3) is 0 Å². The fourth-order valence-corrected chi connectivity index (χ4v) is 3.32. The van der Waals surface area contributed by atoms with E-state index in [1.165, 1.54) is 23.9 Å². The molecular weight excluding hydrogens is 294 g/mol. The lowest BCUT2D eigenvalue weighted by Crippen LogP contribution is -2.48. The van der Waals surface area contributed by atoms with Crippen LogP contribution < -0.4 is 4.72 Å². The van der Waals surface area contributed by atoms with E-state index in [9.17, 15) is 13.2 Å². The van der Waals surface area contributed by atoms with E-state index < -0.39 is 10.0 Å².